The molecule has 0 aliphatic heterocycles. The number of rotatable bonds is 11. The summed E-state index contributed by atoms with van der Waals surface area (Å²) in [5, 5.41) is 12.8. The third-order valence-corrected chi connectivity index (χ3v) is 7.94. The van der Waals surface area contributed by atoms with Gasteiger partial charge in [-0.2, -0.15) is 41.3 Å². The lowest BCUT2D eigenvalue weighted by Gasteiger charge is -2.13. The van der Waals surface area contributed by atoms with Crippen LogP contribution in [0.5, 0.6) is 23.3 Å². The van der Waals surface area contributed by atoms with Crippen molar-refractivity contribution in [3.63, 3.8) is 0 Å². The molecular formula is C30H27ClF6N6O8S. The Hall–Kier alpha value is -5.44. The summed E-state index contributed by atoms with van der Waals surface area (Å²) in [6.07, 6.45) is -10.7. The molecule has 0 unspecified atom stereocenters. The van der Waals surface area contributed by atoms with Crippen molar-refractivity contribution < 1.29 is 58.7 Å². The third-order valence-electron chi connectivity index (χ3n) is 6.22. The molecule has 0 atom stereocenters. The maximum atomic E-state index is 12.6. The van der Waals surface area contributed by atoms with Crippen LogP contribution in [-0.4, -0.2) is 54.2 Å². The minimum Gasteiger partial charge on any atom is -0.487 e. The van der Waals surface area contributed by atoms with Crippen molar-refractivity contribution in [2.75, 3.05) is 19.0 Å². The molecule has 2 amide bonds. The maximum absolute atomic E-state index is 12.6. The Morgan fingerprint density at radius 3 is 2.27 bits per heavy atom. The van der Waals surface area contributed by atoms with Gasteiger partial charge in [0.2, 0.25) is 11.7 Å². The van der Waals surface area contributed by atoms with E-state index < -0.39 is 56.6 Å². The van der Waals surface area contributed by atoms with E-state index in [1.54, 1.807) is 11.6 Å². The number of nitrogens with zero attached hydrogens (tertiary/aromatic N) is 4. The van der Waals surface area contributed by atoms with E-state index in [2.05, 4.69) is 20.3 Å². The van der Waals surface area contributed by atoms with Crippen LogP contribution in [-0.2, 0) is 22.6 Å². The molecule has 14 nitrogen and oxygen atoms in total. The van der Waals surface area contributed by atoms with E-state index in [-0.39, 0.29) is 57.9 Å². The van der Waals surface area contributed by atoms with Crippen LogP contribution >= 0.6 is 11.6 Å². The van der Waals surface area contributed by atoms with Crippen LogP contribution in [0.15, 0.2) is 65.6 Å². The number of anilines is 1. The molecule has 1 heterocycles. The van der Waals surface area contributed by atoms with Crippen molar-refractivity contribution in [2.45, 2.75) is 43.9 Å². The lowest BCUT2D eigenvalue weighted by atomic mass is 10.1. The molecule has 1 aromatic heterocycles. The van der Waals surface area contributed by atoms with Crippen molar-refractivity contribution in [1.82, 2.24) is 19.7 Å². The largest absolute Gasteiger partial charge is 0.487 e. The molecule has 2 N–H and O–H groups in total. The van der Waals surface area contributed by atoms with Gasteiger partial charge in [-0.3, -0.25) is 15.4 Å². The molecule has 22 heteroatoms. The molecule has 0 aliphatic rings. The zero-order valence-electron chi connectivity index (χ0n) is 27.0. The normalized spacial score (nSPS) is 11.5. The number of carbonyl (C=O) groups excluding carboxylic acids is 1. The Kier molecular flexibility index (Phi) is 13.5. The van der Waals surface area contributed by atoms with Crippen molar-refractivity contribution in [2.24, 2.45) is 0 Å². The van der Waals surface area contributed by atoms with Gasteiger partial charge >= 0.3 is 30.1 Å². The average Bonchev–Trinajstić information content (AvgIpc) is 3.04. The molecule has 0 bridgehead atoms. The molecule has 4 aromatic rings. The second-order valence-electron chi connectivity index (χ2n) is 10.0. The number of methoxy groups -OCH3 is 1. The highest BCUT2D eigenvalue weighted by Crippen LogP contribution is 2.38. The van der Waals surface area contributed by atoms with Crippen molar-refractivity contribution in [1.29, 1.82) is 0 Å². The van der Waals surface area contributed by atoms with Crippen LogP contribution in [0.1, 0.15) is 30.3 Å². The van der Waals surface area contributed by atoms with Gasteiger partial charge in [-0.15, -0.1) is 0 Å². The number of hydrogen-bond acceptors (Lipinski definition) is 11. The highest BCUT2D eigenvalue weighted by atomic mass is 35.5. The summed E-state index contributed by atoms with van der Waals surface area (Å²) in [7, 11) is -3.14. The van der Waals surface area contributed by atoms with Gasteiger partial charge in [0.05, 0.1) is 34.1 Å². The summed E-state index contributed by atoms with van der Waals surface area (Å²) in [5.41, 5.74) is -1.22. The number of halogens is 7. The number of sulfonamides is 1. The smallest absolute Gasteiger partial charge is 0.416 e. The fourth-order valence-corrected chi connectivity index (χ4v) is 5.42. The molecular weight excluding hydrogens is 754 g/mol. The van der Waals surface area contributed by atoms with Gasteiger partial charge < -0.3 is 14.2 Å². The number of aromatic nitrogens is 3. The first-order valence-corrected chi connectivity index (χ1v) is 16.3. The average molecular weight is 781 g/mol. The zero-order chi connectivity index (χ0) is 38.9. The second-order valence-corrected chi connectivity index (χ2v) is 12.1. The lowest BCUT2D eigenvalue weighted by Crippen LogP contribution is -2.35. The first-order valence-electron chi connectivity index (χ1n) is 14.4. The fraction of sp³-hybridized carbons (Fsp3) is 0.267. The van der Waals surface area contributed by atoms with Crippen molar-refractivity contribution in [3.05, 3.63) is 92.8 Å². The summed E-state index contributed by atoms with van der Waals surface area (Å²) in [6, 6.07) is 10.2. The van der Waals surface area contributed by atoms with E-state index in [4.69, 9.17) is 25.8 Å². The highest BCUT2D eigenvalue weighted by molar-refractivity contribution is 7.90. The van der Waals surface area contributed by atoms with E-state index in [1.807, 2.05) is 0 Å². The molecule has 3 aromatic carbocycles. The molecule has 0 radical (unpaired) electrons. The number of nitro groups is 1. The maximum Gasteiger partial charge on any atom is 0.416 e. The molecule has 0 aliphatic carbocycles. The number of carbonyl (C=O) groups is 1. The Balaban J connectivity index is 0.000000284. The van der Waals surface area contributed by atoms with Crippen molar-refractivity contribution in [3.8, 4) is 23.3 Å². The van der Waals surface area contributed by atoms with Gasteiger partial charge in [0.1, 0.15) is 17.3 Å². The van der Waals surface area contributed by atoms with Gasteiger partial charge in [-0.1, -0.05) is 29.8 Å². The number of urea groups is 1. The van der Waals surface area contributed by atoms with Gasteiger partial charge in [-0.25, -0.2) is 17.9 Å². The van der Waals surface area contributed by atoms with Crippen molar-refractivity contribution >= 4 is 39.3 Å². The highest BCUT2D eigenvalue weighted by Gasteiger charge is 2.31. The first-order chi connectivity index (χ1) is 24.2. The molecule has 280 valence electrons. The van der Waals surface area contributed by atoms with Crippen LogP contribution in [0.25, 0.3) is 0 Å². The number of ether oxygens (including phenoxy) is 3. The predicted octanol–water partition coefficient (Wildman–Crippen LogP) is 7.65. The fourth-order valence-electron chi connectivity index (χ4n) is 4.02. The second kappa shape index (κ2) is 17.2. The van der Waals surface area contributed by atoms with E-state index in [0.717, 1.165) is 24.3 Å². The minimum absolute atomic E-state index is 0.0111. The standard InChI is InChI=1S/C15H11ClF3NO4.C15H16F3N5O4S/c1-2-23-14-8-10(4-5-12(14)20(21)22)24-13-6-3-9(7-11(13)16)15(17,18)19;1-9-19-12(22-14(20-9)27-2)21-13(24)23-28(25,26)11-6-4-3-5-10(11)7-8-15(16,17)18/h3-8H,2H2,1H3;3-6H,7-8H2,1-2H3,(H2,19,20,21,22,23,24). The van der Waals surface area contributed by atoms with E-state index in [9.17, 15) is 49.7 Å². The predicted molar refractivity (Wildman–Crippen MR) is 172 cm³/mol. The van der Waals surface area contributed by atoms with Crippen LogP contribution in [0.2, 0.25) is 5.02 Å². The van der Waals surface area contributed by atoms with E-state index in [1.165, 1.54) is 50.4 Å². The lowest BCUT2D eigenvalue weighted by molar-refractivity contribution is -0.385. The molecule has 0 saturated heterocycles. The van der Waals surface area contributed by atoms with Crippen LogP contribution < -0.4 is 24.2 Å². The quantitative estimate of drug-likeness (QED) is 0.0865. The number of nitrogens with one attached hydrogen (secondary N) is 2. The topological polar surface area (TPSA) is 185 Å². The molecule has 0 saturated carbocycles. The summed E-state index contributed by atoms with van der Waals surface area (Å²) >= 11 is 5.80. The number of nitro benzene ring substituents is 1. The Morgan fingerprint density at radius 1 is 0.981 bits per heavy atom. The third kappa shape index (κ3) is 12.1. The monoisotopic (exact) mass is 780 g/mol. The summed E-state index contributed by atoms with van der Waals surface area (Å²) in [6.45, 7) is 3.36. The van der Waals surface area contributed by atoms with Gasteiger partial charge in [0.25, 0.3) is 10.0 Å². The number of alkyl halides is 6. The van der Waals surface area contributed by atoms with Crippen LogP contribution in [0, 0.1) is 17.0 Å². The number of benzene rings is 3. The Labute approximate surface area is 296 Å². The molecule has 52 heavy (non-hydrogen) atoms. The first kappa shape index (κ1) is 41.0. The van der Waals surface area contributed by atoms with Crippen LogP contribution in [0.3, 0.4) is 0 Å². The summed E-state index contributed by atoms with van der Waals surface area (Å²) in [4.78, 5) is 33.2. The number of hydrogen-bond donors (Lipinski definition) is 2. The van der Waals surface area contributed by atoms with E-state index in [0.29, 0.717) is 0 Å². The SMILES string of the molecule is CCOc1cc(Oc2ccc(C(F)(F)F)cc2Cl)ccc1[N+](=O)[O-].COc1nc(C)nc(NC(=O)NS(=O)(=O)c2ccccc2CCC(F)(F)F)n1. The molecule has 0 spiro atoms. The molecule has 4 rings (SSSR count). The van der Waals surface area contributed by atoms with Gasteiger partial charge in [0.15, 0.2) is 0 Å². The van der Waals surface area contributed by atoms with Gasteiger partial charge in [0, 0.05) is 18.6 Å². The van der Waals surface area contributed by atoms with E-state index >= 15 is 0 Å². The molecule has 0 fully saturated rings. The number of amides is 2. The number of aryl methyl sites for hydroxylation is 2. The summed E-state index contributed by atoms with van der Waals surface area (Å²) < 4.78 is 117. The zero-order valence-corrected chi connectivity index (χ0v) is 28.6. The summed E-state index contributed by atoms with van der Waals surface area (Å²) in [5.74, 6) is 0.0691. The Bertz CT molecular complexity index is 2020. The minimum atomic E-state index is -4.52. The Morgan fingerprint density at radius 2 is 1.67 bits per heavy atom. The van der Waals surface area contributed by atoms with Crippen LogP contribution in [0.4, 0.5) is 42.8 Å². The van der Waals surface area contributed by atoms with Gasteiger partial charge in [-0.05, 0) is 56.2 Å².